The quantitative estimate of drug-likeness (QED) is 0.494. The second kappa shape index (κ2) is 12.4. The summed E-state index contributed by atoms with van der Waals surface area (Å²) in [5.74, 6) is -0.0900. The minimum absolute atomic E-state index is 0.0592. The summed E-state index contributed by atoms with van der Waals surface area (Å²) in [5, 5.41) is 13.2. The van der Waals surface area contributed by atoms with Crippen LogP contribution in [0.15, 0.2) is 48.5 Å². The molecular weight excluding hydrogens is 432 g/mol. The maximum absolute atomic E-state index is 12.6. The van der Waals surface area contributed by atoms with Gasteiger partial charge < -0.3 is 19.9 Å². The van der Waals surface area contributed by atoms with Crippen LogP contribution in [0.4, 0.5) is 0 Å². The van der Waals surface area contributed by atoms with Crippen LogP contribution in [0.2, 0.25) is 0 Å². The van der Waals surface area contributed by atoms with Crippen molar-refractivity contribution >= 4 is 11.9 Å². The number of rotatable bonds is 12. The Kier molecular flexibility index (Phi) is 9.33. The van der Waals surface area contributed by atoms with Crippen LogP contribution in [0.1, 0.15) is 43.2 Å². The van der Waals surface area contributed by atoms with Gasteiger partial charge in [0.05, 0.1) is 26.7 Å². The number of nitrogens with zero attached hydrogens (tertiary/aromatic N) is 1. The average Bonchev–Trinajstić information content (AvgIpc) is 3.21. The molecule has 0 radical (unpaired) electrons. The Hall–Kier alpha value is -3.06. The Morgan fingerprint density at radius 1 is 1.09 bits per heavy atom. The molecule has 3 unspecified atom stereocenters. The summed E-state index contributed by atoms with van der Waals surface area (Å²) < 4.78 is 10.7. The molecule has 1 aliphatic heterocycles. The zero-order chi connectivity index (χ0) is 24.5. The van der Waals surface area contributed by atoms with Crippen molar-refractivity contribution in [2.24, 2.45) is 5.92 Å². The van der Waals surface area contributed by atoms with Crippen LogP contribution < -0.4 is 14.8 Å². The second-order valence-electron chi connectivity index (χ2n) is 8.79. The Bertz CT molecular complexity index is 946. The van der Waals surface area contributed by atoms with E-state index < -0.39 is 11.9 Å². The predicted octanol–water partition coefficient (Wildman–Crippen LogP) is 3.72. The molecule has 2 aromatic carbocycles. The summed E-state index contributed by atoms with van der Waals surface area (Å²) >= 11 is 0. The Labute approximate surface area is 202 Å². The first-order valence-corrected chi connectivity index (χ1v) is 12.0. The molecule has 0 saturated carbocycles. The maximum Gasteiger partial charge on any atom is 0.308 e. The van der Waals surface area contributed by atoms with Crippen molar-refractivity contribution in [1.29, 1.82) is 0 Å². The van der Waals surface area contributed by atoms with Gasteiger partial charge in [-0.1, -0.05) is 37.3 Å². The third-order valence-corrected chi connectivity index (χ3v) is 6.63. The molecule has 7 nitrogen and oxygen atoms in total. The Morgan fingerprint density at radius 3 is 2.47 bits per heavy atom. The van der Waals surface area contributed by atoms with Crippen LogP contribution in [-0.4, -0.2) is 61.8 Å². The highest BCUT2D eigenvalue weighted by Crippen LogP contribution is 2.40. The van der Waals surface area contributed by atoms with Crippen molar-refractivity contribution in [3.8, 4) is 11.5 Å². The molecule has 7 heteroatoms. The van der Waals surface area contributed by atoms with E-state index in [2.05, 4.69) is 10.2 Å². The summed E-state index contributed by atoms with van der Waals surface area (Å²) in [5.41, 5.74) is 2.06. The van der Waals surface area contributed by atoms with Gasteiger partial charge >= 0.3 is 5.97 Å². The molecular formula is C27H36N2O5. The van der Waals surface area contributed by atoms with E-state index in [4.69, 9.17) is 9.47 Å². The highest BCUT2D eigenvalue weighted by Gasteiger charge is 2.46. The highest BCUT2D eigenvalue weighted by molar-refractivity contribution is 5.79. The highest BCUT2D eigenvalue weighted by atomic mass is 16.5. The van der Waals surface area contributed by atoms with E-state index in [1.54, 1.807) is 14.2 Å². The molecule has 2 N–H and O–H groups in total. The van der Waals surface area contributed by atoms with Crippen LogP contribution in [0, 0.1) is 5.92 Å². The van der Waals surface area contributed by atoms with E-state index in [9.17, 15) is 14.7 Å². The first kappa shape index (κ1) is 25.6. The average molecular weight is 469 g/mol. The second-order valence-corrected chi connectivity index (χ2v) is 8.79. The SMILES string of the molecule is CCCNC(=O)CN1CC(c2ccc(OC)cc2)C(C(=O)O)C1CCCc1ccccc1OC. The van der Waals surface area contributed by atoms with Crippen LogP contribution in [0.25, 0.3) is 0 Å². The van der Waals surface area contributed by atoms with E-state index in [0.29, 0.717) is 19.5 Å². The van der Waals surface area contributed by atoms with E-state index in [1.165, 1.54) is 0 Å². The lowest BCUT2D eigenvalue weighted by molar-refractivity contribution is -0.143. The number of methoxy groups -OCH3 is 2. The molecule has 0 spiro atoms. The Balaban J connectivity index is 1.80. The number of hydrogen-bond acceptors (Lipinski definition) is 5. The van der Waals surface area contributed by atoms with Crippen molar-refractivity contribution in [1.82, 2.24) is 10.2 Å². The van der Waals surface area contributed by atoms with Crippen molar-refractivity contribution in [3.63, 3.8) is 0 Å². The number of hydrogen-bond donors (Lipinski definition) is 2. The fourth-order valence-corrected chi connectivity index (χ4v) is 4.96. The monoisotopic (exact) mass is 468 g/mol. The molecule has 184 valence electrons. The standard InChI is InChI=1S/C27H36N2O5/c1-4-16-28-25(30)18-29-17-22(19-12-14-21(33-2)15-13-19)26(27(31)32)23(29)10-7-9-20-8-5-6-11-24(20)34-3/h5-6,8,11-15,22-23,26H,4,7,9-10,16-18H2,1-3H3,(H,28,30)(H,31,32). The molecule has 0 aliphatic carbocycles. The summed E-state index contributed by atoms with van der Waals surface area (Å²) in [6, 6.07) is 15.3. The molecule has 2 aromatic rings. The number of aliphatic carboxylic acids is 1. The van der Waals surface area contributed by atoms with Crippen LogP contribution in [0.3, 0.4) is 0 Å². The zero-order valence-corrected chi connectivity index (χ0v) is 20.3. The first-order chi connectivity index (χ1) is 16.5. The van der Waals surface area contributed by atoms with Gasteiger partial charge in [0, 0.05) is 25.0 Å². The molecule has 0 aromatic heterocycles. The molecule has 1 heterocycles. The minimum Gasteiger partial charge on any atom is -0.497 e. The maximum atomic E-state index is 12.6. The number of aryl methyl sites for hydroxylation is 1. The van der Waals surface area contributed by atoms with Crippen molar-refractivity contribution in [3.05, 3.63) is 59.7 Å². The first-order valence-electron chi connectivity index (χ1n) is 12.0. The summed E-state index contributed by atoms with van der Waals surface area (Å²) in [4.78, 5) is 27.1. The van der Waals surface area contributed by atoms with Crippen LogP contribution in [0.5, 0.6) is 11.5 Å². The number of carbonyl (C=O) groups is 2. The largest absolute Gasteiger partial charge is 0.497 e. The van der Waals surface area contributed by atoms with Gasteiger partial charge in [-0.05, 0) is 55.0 Å². The smallest absolute Gasteiger partial charge is 0.308 e. The number of para-hydroxylation sites is 1. The molecule has 1 aliphatic rings. The van der Waals surface area contributed by atoms with Gasteiger partial charge in [0.2, 0.25) is 5.91 Å². The van der Waals surface area contributed by atoms with Gasteiger partial charge in [0.15, 0.2) is 0 Å². The molecule has 0 bridgehead atoms. The normalized spacial score (nSPS) is 20.1. The van der Waals surface area contributed by atoms with Crippen LogP contribution in [-0.2, 0) is 16.0 Å². The molecule has 3 rings (SSSR count). The lowest BCUT2D eigenvalue weighted by Gasteiger charge is -2.26. The number of nitrogens with one attached hydrogen (secondary N) is 1. The number of benzene rings is 2. The molecule has 3 atom stereocenters. The molecule has 1 saturated heterocycles. The summed E-state index contributed by atoms with van der Waals surface area (Å²) in [6.07, 6.45) is 3.14. The van der Waals surface area contributed by atoms with Crippen molar-refractivity contribution in [2.45, 2.75) is 44.6 Å². The predicted molar refractivity (Wildman–Crippen MR) is 131 cm³/mol. The number of likely N-dealkylation sites (tertiary alicyclic amines) is 1. The zero-order valence-electron chi connectivity index (χ0n) is 20.3. The lowest BCUT2D eigenvalue weighted by atomic mass is 9.83. The van der Waals surface area contributed by atoms with E-state index in [-0.39, 0.29) is 24.4 Å². The van der Waals surface area contributed by atoms with E-state index >= 15 is 0 Å². The molecule has 34 heavy (non-hydrogen) atoms. The fraction of sp³-hybridized carbons (Fsp3) is 0.481. The van der Waals surface area contributed by atoms with Crippen molar-refractivity contribution in [2.75, 3.05) is 33.9 Å². The number of carboxylic acids is 1. The number of ether oxygens (including phenoxy) is 2. The van der Waals surface area contributed by atoms with Gasteiger partial charge in [-0.25, -0.2) is 0 Å². The molecule has 1 fully saturated rings. The topological polar surface area (TPSA) is 88.1 Å². The van der Waals surface area contributed by atoms with Crippen LogP contribution >= 0.6 is 0 Å². The van der Waals surface area contributed by atoms with Gasteiger partial charge in [0.25, 0.3) is 0 Å². The van der Waals surface area contributed by atoms with Gasteiger partial charge in [-0.3, -0.25) is 14.5 Å². The number of amides is 1. The summed E-state index contributed by atoms with van der Waals surface area (Å²) in [6.45, 7) is 3.37. The van der Waals surface area contributed by atoms with E-state index in [1.807, 2.05) is 55.5 Å². The Morgan fingerprint density at radius 2 is 1.82 bits per heavy atom. The van der Waals surface area contributed by atoms with Gasteiger partial charge in [-0.15, -0.1) is 0 Å². The lowest BCUT2D eigenvalue weighted by Crippen LogP contribution is -2.42. The molecule has 1 amide bonds. The van der Waals surface area contributed by atoms with Crippen molar-refractivity contribution < 1.29 is 24.2 Å². The third-order valence-electron chi connectivity index (χ3n) is 6.63. The number of carboxylic acid groups (broad SMARTS) is 1. The third kappa shape index (κ3) is 6.29. The fourth-order valence-electron chi connectivity index (χ4n) is 4.96. The van der Waals surface area contributed by atoms with Gasteiger partial charge in [-0.2, -0.15) is 0 Å². The van der Waals surface area contributed by atoms with Gasteiger partial charge in [0.1, 0.15) is 11.5 Å². The summed E-state index contributed by atoms with van der Waals surface area (Å²) in [7, 11) is 3.27. The minimum atomic E-state index is -0.820. The van der Waals surface area contributed by atoms with E-state index in [0.717, 1.165) is 41.9 Å². The number of carbonyl (C=O) groups excluding carboxylic acids is 1.